The quantitative estimate of drug-likeness (QED) is 0.919. The van der Waals surface area contributed by atoms with E-state index in [1.54, 1.807) is 0 Å². The maximum absolute atomic E-state index is 9.65. The molecule has 2 aromatic carbocycles. The molecule has 1 N–H and O–H groups in total. The van der Waals surface area contributed by atoms with Crippen molar-refractivity contribution >= 4 is 10.8 Å². The lowest BCUT2D eigenvalue weighted by atomic mass is 9.92. The molecule has 3 rings (SSSR count). The highest BCUT2D eigenvalue weighted by Crippen LogP contribution is 2.25. The van der Waals surface area contributed by atoms with Crippen LogP contribution in [-0.2, 0) is 0 Å². The van der Waals surface area contributed by atoms with Gasteiger partial charge in [0.1, 0.15) is 12.4 Å². The number of aliphatic hydroxyl groups excluding tert-OH is 1. The van der Waals surface area contributed by atoms with Crippen LogP contribution in [0.25, 0.3) is 10.8 Å². The van der Waals surface area contributed by atoms with E-state index in [0.29, 0.717) is 12.5 Å². The van der Waals surface area contributed by atoms with Crippen molar-refractivity contribution in [3.05, 3.63) is 42.5 Å². The average molecular weight is 299 g/mol. The van der Waals surface area contributed by atoms with Gasteiger partial charge in [0.25, 0.3) is 0 Å². The number of benzene rings is 2. The third-order valence-electron chi connectivity index (χ3n) is 4.73. The maximum Gasteiger partial charge on any atom is 0.127 e. The molecule has 1 atom stereocenters. The molecule has 0 aliphatic carbocycles. The van der Waals surface area contributed by atoms with Crippen molar-refractivity contribution < 1.29 is 9.84 Å². The fourth-order valence-electron chi connectivity index (χ4n) is 3.27. The van der Waals surface area contributed by atoms with Crippen LogP contribution in [0.15, 0.2) is 42.5 Å². The maximum atomic E-state index is 9.65. The molecule has 0 radical (unpaired) electrons. The highest BCUT2D eigenvalue weighted by atomic mass is 16.5. The molecule has 1 aliphatic heterocycles. The Bertz CT molecular complexity index is 598. The van der Waals surface area contributed by atoms with Crippen LogP contribution in [0.5, 0.6) is 5.75 Å². The summed E-state index contributed by atoms with van der Waals surface area (Å²) >= 11 is 0. The Morgan fingerprint density at radius 1 is 1.14 bits per heavy atom. The minimum Gasteiger partial charge on any atom is -0.492 e. The SMILES string of the molecule is CC(O)C1CCN(CCOc2cccc3ccccc23)CC1. The summed E-state index contributed by atoms with van der Waals surface area (Å²) < 4.78 is 6.01. The largest absolute Gasteiger partial charge is 0.492 e. The molecule has 1 saturated heterocycles. The van der Waals surface area contributed by atoms with Gasteiger partial charge < -0.3 is 9.84 Å². The van der Waals surface area contributed by atoms with Crippen LogP contribution in [0.4, 0.5) is 0 Å². The second-order valence-corrected chi connectivity index (χ2v) is 6.25. The molecule has 0 amide bonds. The third-order valence-corrected chi connectivity index (χ3v) is 4.73. The van der Waals surface area contributed by atoms with Gasteiger partial charge in [-0.1, -0.05) is 36.4 Å². The molecule has 0 saturated carbocycles. The second-order valence-electron chi connectivity index (χ2n) is 6.25. The van der Waals surface area contributed by atoms with Crippen LogP contribution in [0.1, 0.15) is 19.8 Å². The highest BCUT2D eigenvalue weighted by Gasteiger charge is 2.22. The van der Waals surface area contributed by atoms with Crippen molar-refractivity contribution in [2.24, 2.45) is 5.92 Å². The zero-order valence-electron chi connectivity index (χ0n) is 13.2. The summed E-state index contributed by atoms with van der Waals surface area (Å²) in [5, 5.41) is 12.0. The van der Waals surface area contributed by atoms with Crippen molar-refractivity contribution in [3.63, 3.8) is 0 Å². The standard InChI is InChI=1S/C19H25NO2/c1-15(21)16-9-11-20(12-10-16)13-14-22-19-8-4-6-17-5-2-3-7-18(17)19/h2-8,15-16,21H,9-14H2,1H3. The Morgan fingerprint density at radius 3 is 2.64 bits per heavy atom. The number of nitrogens with zero attached hydrogens (tertiary/aromatic N) is 1. The first-order chi connectivity index (χ1) is 10.7. The molecule has 2 aromatic rings. The number of likely N-dealkylation sites (tertiary alicyclic amines) is 1. The second kappa shape index (κ2) is 7.12. The fraction of sp³-hybridized carbons (Fsp3) is 0.474. The Labute approximate surface area is 132 Å². The zero-order valence-corrected chi connectivity index (χ0v) is 13.2. The van der Waals surface area contributed by atoms with Crippen molar-refractivity contribution in [2.75, 3.05) is 26.2 Å². The molecular weight excluding hydrogens is 274 g/mol. The van der Waals surface area contributed by atoms with E-state index in [4.69, 9.17) is 4.74 Å². The summed E-state index contributed by atoms with van der Waals surface area (Å²) in [6.45, 7) is 5.70. The number of ether oxygens (including phenoxy) is 1. The van der Waals surface area contributed by atoms with Crippen molar-refractivity contribution in [1.29, 1.82) is 0 Å². The topological polar surface area (TPSA) is 32.7 Å². The van der Waals surface area contributed by atoms with Gasteiger partial charge >= 0.3 is 0 Å². The summed E-state index contributed by atoms with van der Waals surface area (Å²) in [5.41, 5.74) is 0. The van der Waals surface area contributed by atoms with Gasteiger partial charge in [-0.2, -0.15) is 0 Å². The summed E-state index contributed by atoms with van der Waals surface area (Å²) in [4.78, 5) is 2.43. The van der Waals surface area contributed by atoms with Crippen LogP contribution in [-0.4, -0.2) is 42.4 Å². The minimum absolute atomic E-state index is 0.172. The van der Waals surface area contributed by atoms with E-state index in [9.17, 15) is 5.11 Å². The molecule has 0 bridgehead atoms. The van der Waals surface area contributed by atoms with E-state index in [-0.39, 0.29) is 6.10 Å². The monoisotopic (exact) mass is 299 g/mol. The van der Waals surface area contributed by atoms with Crippen LogP contribution in [0.2, 0.25) is 0 Å². The molecule has 3 nitrogen and oxygen atoms in total. The highest BCUT2D eigenvalue weighted by molar-refractivity contribution is 5.88. The van der Waals surface area contributed by atoms with Gasteiger partial charge in [-0.05, 0) is 50.2 Å². The molecular formula is C19H25NO2. The molecule has 118 valence electrons. The van der Waals surface area contributed by atoms with Crippen molar-refractivity contribution in [3.8, 4) is 5.75 Å². The molecule has 1 aliphatic rings. The van der Waals surface area contributed by atoms with Gasteiger partial charge in [-0.25, -0.2) is 0 Å². The smallest absolute Gasteiger partial charge is 0.127 e. The van der Waals surface area contributed by atoms with Crippen LogP contribution < -0.4 is 4.74 Å². The predicted octanol–water partition coefficient (Wildman–Crippen LogP) is 3.31. The fourth-order valence-corrected chi connectivity index (χ4v) is 3.27. The van der Waals surface area contributed by atoms with E-state index < -0.39 is 0 Å². The first-order valence-corrected chi connectivity index (χ1v) is 8.25. The van der Waals surface area contributed by atoms with Crippen molar-refractivity contribution in [1.82, 2.24) is 4.90 Å². The predicted molar refractivity (Wildman–Crippen MR) is 90.3 cm³/mol. The van der Waals surface area contributed by atoms with Gasteiger partial charge in [0.05, 0.1) is 6.10 Å². The van der Waals surface area contributed by atoms with Crippen LogP contribution in [0.3, 0.4) is 0 Å². The molecule has 0 spiro atoms. The Balaban J connectivity index is 1.51. The summed E-state index contributed by atoms with van der Waals surface area (Å²) in [7, 11) is 0. The van der Waals surface area contributed by atoms with E-state index in [0.717, 1.165) is 38.2 Å². The van der Waals surface area contributed by atoms with Crippen LogP contribution in [0, 0.1) is 5.92 Å². The average Bonchev–Trinajstić information content (AvgIpc) is 2.55. The van der Waals surface area contributed by atoms with E-state index in [1.807, 2.05) is 19.1 Å². The van der Waals surface area contributed by atoms with Gasteiger partial charge in [0.2, 0.25) is 0 Å². The lowest BCUT2D eigenvalue weighted by Gasteiger charge is -2.33. The lowest BCUT2D eigenvalue weighted by molar-refractivity contribution is 0.0673. The Kier molecular flexibility index (Phi) is 4.96. The van der Waals surface area contributed by atoms with Gasteiger partial charge in [-0.15, -0.1) is 0 Å². The number of fused-ring (bicyclic) bond motifs is 1. The van der Waals surface area contributed by atoms with Crippen LogP contribution >= 0.6 is 0 Å². The van der Waals surface area contributed by atoms with Crippen molar-refractivity contribution in [2.45, 2.75) is 25.9 Å². The number of hydrogen-bond acceptors (Lipinski definition) is 3. The Hall–Kier alpha value is -1.58. The normalized spacial score (nSPS) is 18.5. The van der Waals surface area contributed by atoms with Gasteiger partial charge in [-0.3, -0.25) is 4.90 Å². The van der Waals surface area contributed by atoms with Gasteiger partial charge in [0, 0.05) is 11.9 Å². The molecule has 1 fully saturated rings. The first kappa shape index (κ1) is 15.3. The molecule has 3 heteroatoms. The summed E-state index contributed by atoms with van der Waals surface area (Å²) in [5.74, 6) is 1.44. The first-order valence-electron chi connectivity index (χ1n) is 8.25. The third kappa shape index (κ3) is 3.60. The molecule has 1 unspecified atom stereocenters. The molecule has 22 heavy (non-hydrogen) atoms. The lowest BCUT2D eigenvalue weighted by Crippen LogP contribution is -2.39. The summed E-state index contributed by atoms with van der Waals surface area (Å²) in [6, 6.07) is 14.5. The molecule has 1 heterocycles. The number of aliphatic hydroxyl groups is 1. The van der Waals surface area contributed by atoms with E-state index >= 15 is 0 Å². The number of hydrogen-bond donors (Lipinski definition) is 1. The number of piperidine rings is 1. The summed E-state index contributed by atoms with van der Waals surface area (Å²) in [6.07, 6.45) is 2.01. The minimum atomic E-state index is -0.172. The number of rotatable bonds is 5. The zero-order chi connectivity index (χ0) is 15.4. The molecule has 0 aromatic heterocycles. The van der Waals surface area contributed by atoms with E-state index in [2.05, 4.69) is 35.2 Å². The Morgan fingerprint density at radius 2 is 1.86 bits per heavy atom. The van der Waals surface area contributed by atoms with Gasteiger partial charge in [0.15, 0.2) is 0 Å². The van der Waals surface area contributed by atoms with E-state index in [1.165, 1.54) is 10.8 Å².